The van der Waals surface area contributed by atoms with Crippen LogP contribution < -0.4 is 5.73 Å². The Hall–Kier alpha value is -1.06. The van der Waals surface area contributed by atoms with Gasteiger partial charge in [0.1, 0.15) is 0 Å². The lowest BCUT2D eigenvalue weighted by molar-refractivity contribution is -0.136. The molecule has 0 saturated heterocycles. The quantitative estimate of drug-likeness (QED) is 0.847. The maximum absolute atomic E-state index is 12.9. The summed E-state index contributed by atoms with van der Waals surface area (Å²) < 4.78 is 0. The van der Waals surface area contributed by atoms with E-state index in [0.29, 0.717) is 19.5 Å². The van der Waals surface area contributed by atoms with E-state index in [1.54, 1.807) is 0 Å². The molecule has 3 nitrogen and oxygen atoms in total. The fourth-order valence-corrected chi connectivity index (χ4v) is 3.52. The van der Waals surface area contributed by atoms with Crippen molar-refractivity contribution in [2.45, 2.75) is 65.0 Å². The Balaban J connectivity index is 0.00000264. The third kappa shape index (κ3) is 5.50. The monoisotopic (exact) mass is 338 g/mol. The summed E-state index contributed by atoms with van der Waals surface area (Å²) in [5, 5.41) is 0. The third-order valence-electron chi connectivity index (χ3n) is 5.01. The van der Waals surface area contributed by atoms with E-state index in [1.165, 1.54) is 24.8 Å². The summed E-state index contributed by atoms with van der Waals surface area (Å²) in [6.07, 6.45) is 6.52. The van der Waals surface area contributed by atoms with Crippen LogP contribution in [0.2, 0.25) is 0 Å². The zero-order valence-electron chi connectivity index (χ0n) is 14.5. The number of nitrogens with zero attached hydrogens (tertiary/aromatic N) is 1. The first-order chi connectivity index (χ1) is 10.6. The van der Waals surface area contributed by atoms with E-state index in [2.05, 4.69) is 26.0 Å². The standard InChI is InChI=1S/C19H30N2O.ClH/c1-16(2)21(14-17-9-5-3-6-10-17)18(22)13-19(15-20)11-7-4-8-12-19;/h3,5-6,9-10,16H,4,7-8,11-15,20H2,1-2H3;1H. The largest absolute Gasteiger partial charge is 0.336 e. The number of hydrogen-bond acceptors (Lipinski definition) is 2. The summed E-state index contributed by atoms with van der Waals surface area (Å²) in [7, 11) is 0. The van der Waals surface area contributed by atoms with Gasteiger partial charge in [0.2, 0.25) is 5.91 Å². The average molecular weight is 339 g/mol. The molecule has 0 radical (unpaired) electrons. The van der Waals surface area contributed by atoms with Crippen molar-refractivity contribution in [3.8, 4) is 0 Å². The van der Waals surface area contributed by atoms with Crippen LogP contribution in [-0.4, -0.2) is 23.4 Å². The van der Waals surface area contributed by atoms with E-state index in [9.17, 15) is 4.79 Å². The normalized spacial score (nSPS) is 16.7. The van der Waals surface area contributed by atoms with Gasteiger partial charge in [-0.25, -0.2) is 0 Å². The molecule has 130 valence electrons. The number of amides is 1. The maximum Gasteiger partial charge on any atom is 0.223 e. The molecular weight excluding hydrogens is 308 g/mol. The van der Waals surface area contributed by atoms with E-state index in [4.69, 9.17) is 5.73 Å². The SMILES string of the molecule is CC(C)N(Cc1ccccc1)C(=O)CC1(CN)CCCCC1.Cl. The zero-order chi connectivity index (χ0) is 16.0. The van der Waals surface area contributed by atoms with Crippen LogP contribution in [0.25, 0.3) is 0 Å². The van der Waals surface area contributed by atoms with Crippen molar-refractivity contribution >= 4 is 18.3 Å². The molecule has 0 aromatic heterocycles. The average Bonchev–Trinajstić information content (AvgIpc) is 2.54. The number of rotatable bonds is 6. The smallest absolute Gasteiger partial charge is 0.223 e. The van der Waals surface area contributed by atoms with Gasteiger partial charge in [-0.2, -0.15) is 0 Å². The fourth-order valence-electron chi connectivity index (χ4n) is 3.52. The van der Waals surface area contributed by atoms with Crippen LogP contribution in [0.5, 0.6) is 0 Å². The van der Waals surface area contributed by atoms with Gasteiger partial charge in [0.15, 0.2) is 0 Å². The second kappa shape index (κ2) is 9.29. The highest BCUT2D eigenvalue weighted by Gasteiger charge is 2.34. The lowest BCUT2D eigenvalue weighted by atomic mass is 9.71. The Kier molecular flexibility index (Phi) is 8.07. The van der Waals surface area contributed by atoms with Crippen molar-refractivity contribution in [3.05, 3.63) is 35.9 Å². The number of carbonyl (C=O) groups is 1. The summed E-state index contributed by atoms with van der Waals surface area (Å²) >= 11 is 0. The van der Waals surface area contributed by atoms with Crippen LogP contribution in [0.4, 0.5) is 0 Å². The number of hydrogen-bond donors (Lipinski definition) is 1. The van der Waals surface area contributed by atoms with Crippen LogP contribution >= 0.6 is 12.4 Å². The Morgan fingerprint density at radius 2 is 1.78 bits per heavy atom. The van der Waals surface area contributed by atoms with Crippen LogP contribution in [0, 0.1) is 5.41 Å². The molecule has 0 atom stereocenters. The van der Waals surface area contributed by atoms with Gasteiger partial charge < -0.3 is 10.6 Å². The molecule has 2 rings (SSSR count). The molecule has 0 spiro atoms. The second-order valence-electron chi connectivity index (χ2n) is 7.04. The van der Waals surface area contributed by atoms with E-state index < -0.39 is 0 Å². The molecule has 1 aromatic rings. The molecule has 0 bridgehead atoms. The van der Waals surface area contributed by atoms with E-state index in [1.807, 2.05) is 23.1 Å². The predicted octanol–water partition coefficient (Wildman–Crippen LogP) is 4.14. The highest BCUT2D eigenvalue weighted by atomic mass is 35.5. The minimum Gasteiger partial charge on any atom is -0.336 e. The molecule has 0 unspecified atom stereocenters. The molecular formula is C19H31ClN2O. The van der Waals surface area contributed by atoms with Gasteiger partial charge in [0, 0.05) is 19.0 Å². The molecule has 1 aliphatic carbocycles. The molecule has 1 fully saturated rings. The van der Waals surface area contributed by atoms with Gasteiger partial charge in [-0.1, -0.05) is 49.6 Å². The molecule has 23 heavy (non-hydrogen) atoms. The Labute approximate surface area is 147 Å². The molecule has 4 heteroatoms. The van der Waals surface area contributed by atoms with Crippen molar-refractivity contribution in [2.75, 3.05) is 6.54 Å². The summed E-state index contributed by atoms with van der Waals surface area (Å²) in [6, 6.07) is 10.5. The minimum atomic E-state index is 0. The van der Waals surface area contributed by atoms with Gasteiger partial charge >= 0.3 is 0 Å². The van der Waals surface area contributed by atoms with Crippen LogP contribution in [-0.2, 0) is 11.3 Å². The molecule has 2 N–H and O–H groups in total. The predicted molar refractivity (Wildman–Crippen MR) is 98.6 cm³/mol. The lowest BCUT2D eigenvalue weighted by Crippen LogP contribution is -2.42. The molecule has 1 saturated carbocycles. The van der Waals surface area contributed by atoms with Crippen molar-refractivity contribution in [1.29, 1.82) is 0 Å². The third-order valence-corrected chi connectivity index (χ3v) is 5.01. The van der Waals surface area contributed by atoms with Gasteiger partial charge in [-0.15, -0.1) is 12.4 Å². The minimum absolute atomic E-state index is 0. The van der Waals surface area contributed by atoms with E-state index >= 15 is 0 Å². The highest BCUT2D eigenvalue weighted by Crippen LogP contribution is 2.39. The molecule has 1 aromatic carbocycles. The summed E-state index contributed by atoms with van der Waals surface area (Å²) in [5.41, 5.74) is 7.28. The number of carbonyl (C=O) groups excluding carboxylic acids is 1. The number of benzene rings is 1. The Morgan fingerprint density at radius 3 is 2.30 bits per heavy atom. The Morgan fingerprint density at radius 1 is 1.17 bits per heavy atom. The van der Waals surface area contributed by atoms with Gasteiger partial charge in [-0.05, 0) is 44.2 Å². The molecule has 1 amide bonds. The van der Waals surface area contributed by atoms with E-state index in [0.717, 1.165) is 12.8 Å². The fraction of sp³-hybridized carbons (Fsp3) is 0.632. The van der Waals surface area contributed by atoms with Crippen molar-refractivity contribution < 1.29 is 4.79 Å². The zero-order valence-corrected chi connectivity index (χ0v) is 15.3. The van der Waals surface area contributed by atoms with Gasteiger partial charge in [0.25, 0.3) is 0 Å². The lowest BCUT2D eigenvalue weighted by Gasteiger charge is -2.38. The summed E-state index contributed by atoms with van der Waals surface area (Å²) in [6.45, 7) is 5.52. The summed E-state index contributed by atoms with van der Waals surface area (Å²) in [5.74, 6) is 0.256. The molecule has 0 heterocycles. The van der Waals surface area contributed by atoms with E-state index in [-0.39, 0.29) is 29.8 Å². The number of halogens is 1. The van der Waals surface area contributed by atoms with Gasteiger partial charge in [0.05, 0.1) is 0 Å². The summed E-state index contributed by atoms with van der Waals surface area (Å²) in [4.78, 5) is 14.9. The van der Waals surface area contributed by atoms with Crippen LogP contribution in [0.1, 0.15) is 57.9 Å². The van der Waals surface area contributed by atoms with Crippen LogP contribution in [0.15, 0.2) is 30.3 Å². The topological polar surface area (TPSA) is 46.3 Å². The first-order valence-electron chi connectivity index (χ1n) is 8.60. The first-order valence-corrected chi connectivity index (χ1v) is 8.60. The van der Waals surface area contributed by atoms with Crippen molar-refractivity contribution in [2.24, 2.45) is 11.1 Å². The molecule has 1 aliphatic rings. The maximum atomic E-state index is 12.9. The Bertz CT molecular complexity index is 470. The second-order valence-corrected chi connectivity index (χ2v) is 7.04. The van der Waals surface area contributed by atoms with Crippen LogP contribution in [0.3, 0.4) is 0 Å². The van der Waals surface area contributed by atoms with Crippen molar-refractivity contribution in [1.82, 2.24) is 4.90 Å². The highest BCUT2D eigenvalue weighted by molar-refractivity contribution is 5.85. The number of nitrogens with two attached hydrogens (primary N) is 1. The first kappa shape index (κ1) is 20.0. The van der Waals surface area contributed by atoms with Gasteiger partial charge in [-0.3, -0.25) is 4.79 Å². The van der Waals surface area contributed by atoms with Crippen molar-refractivity contribution in [3.63, 3.8) is 0 Å². The molecule has 0 aliphatic heterocycles.